The van der Waals surface area contributed by atoms with Crippen molar-refractivity contribution in [2.45, 2.75) is 45.9 Å². The Balaban J connectivity index is 2.45. The first-order valence-corrected chi connectivity index (χ1v) is 6.80. The molecule has 1 unspecified atom stereocenters. The lowest BCUT2D eigenvalue weighted by atomic mass is 10.1. The molecule has 3 N–H and O–H groups in total. The number of hydrogen-bond acceptors (Lipinski definition) is 3. The zero-order valence-electron chi connectivity index (χ0n) is 11.8. The van der Waals surface area contributed by atoms with E-state index in [0.29, 0.717) is 32.6 Å². The molecule has 0 aromatic heterocycles. The molecule has 1 aromatic rings. The Morgan fingerprint density at radius 2 is 2.05 bits per heavy atom. The number of rotatable bonds is 8. The van der Waals surface area contributed by atoms with Gasteiger partial charge in [-0.3, -0.25) is 4.79 Å². The van der Waals surface area contributed by atoms with Crippen LogP contribution in [0.4, 0.5) is 0 Å². The van der Waals surface area contributed by atoms with Crippen molar-refractivity contribution in [3.05, 3.63) is 35.4 Å². The average Bonchev–Trinajstić information content (AvgIpc) is 2.41. The maximum atomic E-state index is 11.6. The lowest BCUT2D eigenvalue weighted by Crippen LogP contribution is -2.25. The Morgan fingerprint density at radius 1 is 1.37 bits per heavy atom. The van der Waals surface area contributed by atoms with Crippen LogP contribution in [-0.2, 0) is 22.7 Å². The van der Waals surface area contributed by atoms with Gasteiger partial charge in [0, 0.05) is 25.6 Å². The molecular formula is C15H24N2O2. The lowest BCUT2D eigenvalue weighted by molar-refractivity contribution is -0.121. The summed E-state index contributed by atoms with van der Waals surface area (Å²) in [6.45, 7) is 5.70. The van der Waals surface area contributed by atoms with Crippen LogP contribution in [0.15, 0.2) is 24.3 Å². The highest BCUT2D eigenvalue weighted by molar-refractivity contribution is 5.75. The molecule has 0 fully saturated rings. The van der Waals surface area contributed by atoms with Gasteiger partial charge in [0.25, 0.3) is 0 Å². The van der Waals surface area contributed by atoms with Gasteiger partial charge in [-0.15, -0.1) is 0 Å². The highest BCUT2D eigenvalue weighted by atomic mass is 16.5. The summed E-state index contributed by atoms with van der Waals surface area (Å²) in [6.07, 6.45) is 1.19. The minimum atomic E-state index is 0.0449. The fourth-order valence-electron chi connectivity index (χ4n) is 1.72. The molecule has 1 rings (SSSR count). The minimum absolute atomic E-state index is 0.0449. The van der Waals surface area contributed by atoms with Gasteiger partial charge < -0.3 is 15.8 Å². The zero-order valence-corrected chi connectivity index (χ0v) is 11.8. The Labute approximate surface area is 115 Å². The summed E-state index contributed by atoms with van der Waals surface area (Å²) in [4.78, 5) is 11.6. The number of carbonyl (C=O) groups excluding carboxylic acids is 1. The second kappa shape index (κ2) is 8.67. The number of ether oxygens (including phenoxy) is 1. The SMILES string of the molecule is CCOCc1ccccc1CNC(=O)CCC(C)N. The third-order valence-electron chi connectivity index (χ3n) is 2.88. The lowest BCUT2D eigenvalue weighted by Gasteiger charge is -2.11. The molecule has 4 nitrogen and oxygen atoms in total. The van der Waals surface area contributed by atoms with Gasteiger partial charge >= 0.3 is 0 Å². The van der Waals surface area contributed by atoms with Gasteiger partial charge in [-0.1, -0.05) is 24.3 Å². The average molecular weight is 264 g/mol. The summed E-state index contributed by atoms with van der Waals surface area (Å²) in [5, 5.41) is 2.92. The van der Waals surface area contributed by atoms with E-state index in [4.69, 9.17) is 10.5 Å². The largest absolute Gasteiger partial charge is 0.377 e. The number of hydrogen-bond donors (Lipinski definition) is 2. The van der Waals surface area contributed by atoms with Crippen LogP contribution in [0.2, 0.25) is 0 Å². The second-order valence-electron chi connectivity index (χ2n) is 4.70. The summed E-state index contributed by atoms with van der Waals surface area (Å²) in [7, 11) is 0. The Morgan fingerprint density at radius 3 is 2.68 bits per heavy atom. The van der Waals surface area contributed by atoms with Crippen LogP contribution >= 0.6 is 0 Å². The van der Waals surface area contributed by atoms with Crippen LogP contribution in [0.1, 0.15) is 37.8 Å². The molecule has 0 saturated carbocycles. The second-order valence-corrected chi connectivity index (χ2v) is 4.70. The molecule has 0 radical (unpaired) electrons. The maximum absolute atomic E-state index is 11.6. The molecular weight excluding hydrogens is 240 g/mol. The Bertz CT molecular complexity index is 391. The number of nitrogens with two attached hydrogens (primary N) is 1. The van der Waals surface area contributed by atoms with E-state index in [-0.39, 0.29) is 11.9 Å². The van der Waals surface area contributed by atoms with E-state index in [1.165, 1.54) is 0 Å². The van der Waals surface area contributed by atoms with Gasteiger partial charge in [-0.2, -0.15) is 0 Å². The molecule has 4 heteroatoms. The number of amides is 1. The van der Waals surface area contributed by atoms with E-state index in [1.807, 2.05) is 38.1 Å². The molecule has 0 aliphatic carbocycles. The number of benzene rings is 1. The van der Waals surface area contributed by atoms with Crippen molar-refractivity contribution in [3.8, 4) is 0 Å². The molecule has 0 spiro atoms. The van der Waals surface area contributed by atoms with Crippen LogP contribution < -0.4 is 11.1 Å². The van der Waals surface area contributed by atoms with Gasteiger partial charge in [0.1, 0.15) is 0 Å². The van der Waals surface area contributed by atoms with Crippen molar-refractivity contribution in [3.63, 3.8) is 0 Å². The molecule has 106 valence electrons. The molecule has 0 aliphatic heterocycles. The third-order valence-corrected chi connectivity index (χ3v) is 2.88. The summed E-state index contributed by atoms with van der Waals surface area (Å²) in [5.41, 5.74) is 7.85. The Kier molecular flexibility index (Phi) is 7.15. The predicted molar refractivity (Wildman–Crippen MR) is 76.5 cm³/mol. The van der Waals surface area contributed by atoms with Crippen LogP contribution in [-0.4, -0.2) is 18.6 Å². The fourth-order valence-corrected chi connectivity index (χ4v) is 1.72. The summed E-state index contributed by atoms with van der Waals surface area (Å²) in [5.74, 6) is 0.0449. The topological polar surface area (TPSA) is 64.3 Å². The quantitative estimate of drug-likeness (QED) is 0.754. The van der Waals surface area contributed by atoms with E-state index in [9.17, 15) is 4.79 Å². The monoisotopic (exact) mass is 264 g/mol. The third kappa shape index (κ3) is 6.36. The molecule has 0 heterocycles. The summed E-state index contributed by atoms with van der Waals surface area (Å²) < 4.78 is 5.42. The van der Waals surface area contributed by atoms with Crippen LogP contribution in [0.3, 0.4) is 0 Å². The van der Waals surface area contributed by atoms with Gasteiger partial charge in [0.15, 0.2) is 0 Å². The molecule has 1 atom stereocenters. The first-order valence-electron chi connectivity index (χ1n) is 6.80. The van der Waals surface area contributed by atoms with E-state index < -0.39 is 0 Å². The van der Waals surface area contributed by atoms with E-state index in [2.05, 4.69) is 5.32 Å². The molecule has 1 aromatic carbocycles. The van der Waals surface area contributed by atoms with Crippen LogP contribution in [0.5, 0.6) is 0 Å². The normalized spacial score (nSPS) is 12.2. The van der Waals surface area contributed by atoms with Crippen molar-refractivity contribution in [2.24, 2.45) is 5.73 Å². The van der Waals surface area contributed by atoms with Crippen molar-refractivity contribution in [2.75, 3.05) is 6.61 Å². The first-order chi connectivity index (χ1) is 9.13. The minimum Gasteiger partial charge on any atom is -0.377 e. The number of carbonyl (C=O) groups is 1. The van der Waals surface area contributed by atoms with Crippen LogP contribution in [0.25, 0.3) is 0 Å². The first kappa shape index (κ1) is 15.7. The van der Waals surface area contributed by atoms with Gasteiger partial charge in [0.2, 0.25) is 5.91 Å². The summed E-state index contributed by atoms with van der Waals surface area (Å²) >= 11 is 0. The van der Waals surface area contributed by atoms with Gasteiger partial charge in [-0.05, 0) is 31.4 Å². The van der Waals surface area contributed by atoms with E-state index >= 15 is 0 Å². The van der Waals surface area contributed by atoms with Crippen molar-refractivity contribution >= 4 is 5.91 Å². The smallest absolute Gasteiger partial charge is 0.220 e. The molecule has 0 aliphatic rings. The van der Waals surface area contributed by atoms with E-state index in [1.54, 1.807) is 0 Å². The predicted octanol–water partition coefficient (Wildman–Crippen LogP) is 1.97. The molecule has 19 heavy (non-hydrogen) atoms. The Hall–Kier alpha value is -1.39. The molecule has 1 amide bonds. The fraction of sp³-hybridized carbons (Fsp3) is 0.533. The van der Waals surface area contributed by atoms with E-state index in [0.717, 1.165) is 11.1 Å². The van der Waals surface area contributed by atoms with Crippen LogP contribution in [0, 0.1) is 0 Å². The highest BCUT2D eigenvalue weighted by Gasteiger charge is 2.06. The van der Waals surface area contributed by atoms with Crippen molar-refractivity contribution in [1.82, 2.24) is 5.32 Å². The van der Waals surface area contributed by atoms with Crippen molar-refractivity contribution < 1.29 is 9.53 Å². The molecule has 0 saturated heterocycles. The maximum Gasteiger partial charge on any atom is 0.220 e. The standard InChI is InChI=1S/C15H24N2O2/c1-3-19-11-14-7-5-4-6-13(14)10-17-15(18)9-8-12(2)16/h4-7,12H,3,8-11,16H2,1-2H3,(H,17,18). The zero-order chi connectivity index (χ0) is 14.1. The van der Waals surface area contributed by atoms with Gasteiger partial charge in [-0.25, -0.2) is 0 Å². The molecule has 0 bridgehead atoms. The number of nitrogens with one attached hydrogen (secondary N) is 1. The highest BCUT2D eigenvalue weighted by Crippen LogP contribution is 2.10. The summed E-state index contributed by atoms with van der Waals surface area (Å²) in [6, 6.07) is 8.06. The van der Waals surface area contributed by atoms with Gasteiger partial charge in [0.05, 0.1) is 6.61 Å². The van der Waals surface area contributed by atoms with Crippen molar-refractivity contribution in [1.29, 1.82) is 0 Å².